The van der Waals surface area contributed by atoms with Crippen molar-refractivity contribution in [2.24, 2.45) is 0 Å². The summed E-state index contributed by atoms with van der Waals surface area (Å²) in [6, 6.07) is 18.7. The predicted octanol–water partition coefficient (Wildman–Crippen LogP) is 2.93. The van der Waals surface area contributed by atoms with Gasteiger partial charge in [-0.1, -0.05) is 48.5 Å². The summed E-state index contributed by atoms with van der Waals surface area (Å²) in [6.45, 7) is 0.567. The Morgan fingerprint density at radius 2 is 1.60 bits per heavy atom. The van der Waals surface area contributed by atoms with Gasteiger partial charge in [0, 0.05) is 12.1 Å². The summed E-state index contributed by atoms with van der Waals surface area (Å²) in [6.07, 6.45) is 0.915. The first-order chi connectivity index (χ1) is 9.77. The highest BCUT2D eigenvalue weighted by atomic mass is 16.3. The Morgan fingerprint density at radius 3 is 2.25 bits per heavy atom. The molecule has 0 saturated carbocycles. The van der Waals surface area contributed by atoms with Crippen LogP contribution in [0.3, 0.4) is 0 Å². The van der Waals surface area contributed by atoms with Gasteiger partial charge in [0.2, 0.25) is 0 Å². The molecule has 3 nitrogen and oxygen atoms in total. The molecular weight excluding hydrogens is 250 g/mol. The molecule has 0 bridgehead atoms. The van der Waals surface area contributed by atoms with Gasteiger partial charge in [0.1, 0.15) is 0 Å². The van der Waals surface area contributed by atoms with Gasteiger partial charge in [-0.25, -0.2) is 0 Å². The smallest absolute Gasteiger partial charge is 0.251 e. The summed E-state index contributed by atoms with van der Waals surface area (Å²) in [5, 5.41) is 12.8. The fraction of sp³-hybridized carbons (Fsp3) is 0.235. The van der Waals surface area contributed by atoms with Crippen LogP contribution in [0, 0.1) is 0 Å². The number of nitrogens with one attached hydrogen (secondary N) is 1. The maximum atomic E-state index is 11.8. The van der Waals surface area contributed by atoms with Crippen LogP contribution in [0.1, 0.15) is 34.9 Å². The van der Waals surface area contributed by atoms with Crippen LogP contribution in [0.15, 0.2) is 60.7 Å². The number of carbonyl (C=O) groups is 1. The molecule has 0 fully saturated rings. The normalized spacial score (nSPS) is 11.8. The lowest BCUT2D eigenvalue weighted by atomic mass is 10.1. The molecule has 0 aliphatic carbocycles. The molecular formula is C17H19NO2. The maximum Gasteiger partial charge on any atom is 0.251 e. The average molecular weight is 269 g/mol. The van der Waals surface area contributed by atoms with Crippen LogP contribution in [-0.4, -0.2) is 17.6 Å². The van der Waals surface area contributed by atoms with Gasteiger partial charge < -0.3 is 10.4 Å². The lowest BCUT2D eigenvalue weighted by Crippen LogP contribution is -2.24. The van der Waals surface area contributed by atoms with Crippen molar-refractivity contribution in [2.75, 3.05) is 6.54 Å². The monoisotopic (exact) mass is 269 g/mol. The second-order valence-electron chi connectivity index (χ2n) is 4.69. The minimum atomic E-state index is -0.468. The van der Waals surface area contributed by atoms with Crippen molar-refractivity contribution in [1.82, 2.24) is 5.32 Å². The van der Waals surface area contributed by atoms with E-state index >= 15 is 0 Å². The molecule has 0 saturated heterocycles. The van der Waals surface area contributed by atoms with Crippen LogP contribution in [0.4, 0.5) is 0 Å². The van der Waals surface area contributed by atoms with Crippen molar-refractivity contribution < 1.29 is 9.90 Å². The number of hydrogen-bond acceptors (Lipinski definition) is 2. The predicted molar refractivity (Wildman–Crippen MR) is 79.4 cm³/mol. The highest BCUT2D eigenvalue weighted by Crippen LogP contribution is 2.17. The molecule has 2 aromatic carbocycles. The van der Waals surface area contributed by atoms with Gasteiger partial charge in [-0.15, -0.1) is 0 Å². The van der Waals surface area contributed by atoms with Gasteiger partial charge in [0.25, 0.3) is 5.91 Å². The average Bonchev–Trinajstić information content (AvgIpc) is 2.53. The molecule has 20 heavy (non-hydrogen) atoms. The molecule has 3 heteroatoms. The fourth-order valence-corrected chi connectivity index (χ4v) is 2.03. The zero-order chi connectivity index (χ0) is 14.2. The maximum absolute atomic E-state index is 11.8. The molecule has 1 unspecified atom stereocenters. The van der Waals surface area contributed by atoms with Crippen molar-refractivity contribution in [3.05, 3.63) is 71.8 Å². The van der Waals surface area contributed by atoms with Crippen molar-refractivity contribution >= 4 is 5.91 Å². The Labute approximate surface area is 119 Å². The second-order valence-corrected chi connectivity index (χ2v) is 4.69. The Kier molecular flexibility index (Phi) is 5.33. The van der Waals surface area contributed by atoms with E-state index in [-0.39, 0.29) is 5.91 Å². The summed E-state index contributed by atoms with van der Waals surface area (Å²) in [5.74, 6) is -0.0696. The molecule has 0 spiro atoms. The fourth-order valence-electron chi connectivity index (χ4n) is 2.03. The first-order valence-corrected chi connectivity index (χ1v) is 6.83. The Hall–Kier alpha value is -2.13. The molecule has 0 radical (unpaired) electrons. The molecule has 104 valence electrons. The largest absolute Gasteiger partial charge is 0.388 e. The van der Waals surface area contributed by atoms with Crippen LogP contribution < -0.4 is 5.32 Å². The molecule has 1 atom stereocenters. The molecule has 2 aromatic rings. The summed E-state index contributed by atoms with van der Waals surface area (Å²) in [5.41, 5.74) is 1.58. The van der Waals surface area contributed by atoms with Crippen LogP contribution >= 0.6 is 0 Å². The van der Waals surface area contributed by atoms with E-state index in [1.54, 1.807) is 12.1 Å². The quantitative estimate of drug-likeness (QED) is 0.792. The summed E-state index contributed by atoms with van der Waals surface area (Å²) in [7, 11) is 0. The third-order valence-corrected chi connectivity index (χ3v) is 3.16. The van der Waals surface area contributed by atoms with E-state index in [2.05, 4.69) is 5.32 Å². The van der Waals surface area contributed by atoms with Crippen LogP contribution in [0.2, 0.25) is 0 Å². The number of amides is 1. The number of aliphatic hydroxyl groups is 1. The molecule has 2 rings (SSSR count). The summed E-state index contributed by atoms with van der Waals surface area (Å²) >= 11 is 0. The van der Waals surface area contributed by atoms with Crippen LogP contribution in [0.25, 0.3) is 0 Å². The lowest BCUT2D eigenvalue weighted by molar-refractivity contribution is 0.0948. The first-order valence-electron chi connectivity index (χ1n) is 6.83. The van der Waals surface area contributed by atoms with Crippen molar-refractivity contribution in [3.8, 4) is 0 Å². The number of rotatable bonds is 6. The zero-order valence-corrected chi connectivity index (χ0v) is 11.3. The van der Waals surface area contributed by atoms with E-state index in [1.807, 2.05) is 48.5 Å². The van der Waals surface area contributed by atoms with Crippen molar-refractivity contribution in [3.63, 3.8) is 0 Å². The highest BCUT2D eigenvalue weighted by Gasteiger charge is 2.07. The van der Waals surface area contributed by atoms with Crippen LogP contribution in [-0.2, 0) is 0 Å². The van der Waals surface area contributed by atoms with Gasteiger partial charge >= 0.3 is 0 Å². The third kappa shape index (κ3) is 4.21. The van der Waals surface area contributed by atoms with E-state index in [9.17, 15) is 9.90 Å². The van der Waals surface area contributed by atoms with Gasteiger partial charge in [-0.3, -0.25) is 4.79 Å². The minimum Gasteiger partial charge on any atom is -0.388 e. The summed E-state index contributed by atoms with van der Waals surface area (Å²) in [4.78, 5) is 11.8. The second kappa shape index (κ2) is 7.46. The molecule has 0 aromatic heterocycles. The molecule has 0 aliphatic heterocycles. The minimum absolute atomic E-state index is 0.0696. The summed E-state index contributed by atoms with van der Waals surface area (Å²) < 4.78 is 0. The number of hydrogen-bond donors (Lipinski definition) is 2. The Balaban J connectivity index is 1.71. The topological polar surface area (TPSA) is 49.3 Å². The van der Waals surface area contributed by atoms with E-state index < -0.39 is 6.10 Å². The Morgan fingerprint density at radius 1 is 1.00 bits per heavy atom. The number of carbonyl (C=O) groups excluding carboxylic acids is 1. The molecule has 0 aliphatic rings. The van der Waals surface area contributed by atoms with E-state index in [1.165, 1.54) is 0 Å². The van der Waals surface area contributed by atoms with Crippen molar-refractivity contribution in [1.29, 1.82) is 0 Å². The van der Waals surface area contributed by atoms with Gasteiger partial charge in [0.15, 0.2) is 0 Å². The van der Waals surface area contributed by atoms with Gasteiger partial charge in [0.05, 0.1) is 6.10 Å². The van der Waals surface area contributed by atoms with E-state index in [4.69, 9.17) is 0 Å². The standard InChI is InChI=1S/C17H19NO2/c19-16(14-8-3-1-4-9-14)12-7-13-18-17(20)15-10-5-2-6-11-15/h1-6,8-11,16,19H,7,12-13H2,(H,18,20). The van der Waals surface area contributed by atoms with E-state index in [0.29, 0.717) is 18.5 Å². The zero-order valence-electron chi connectivity index (χ0n) is 11.3. The molecule has 0 heterocycles. The van der Waals surface area contributed by atoms with Crippen LogP contribution in [0.5, 0.6) is 0 Å². The van der Waals surface area contributed by atoms with Gasteiger partial charge in [-0.05, 0) is 30.5 Å². The lowest BCUT2D eigenvalue weighted by Gasteiger charge is -2.11. The highest BCUT2D eigenvalue weighted by molar-refractivity contribution is 5.94. The Bertz CT molecular complexity index is 525. The van der Waals surface area contributed by atoms with E-state index in [0.717, 1.165) is 12.0 Å². The van der Waals surface area contributed by atoms with Crippen molar-refractivity contribution in [2.45, 2.75) is 18.9 Å². The molecule has 2 N–H and O–H groups in total. The number of benzene rings is 2. The number of aliphatic hydroxyl groups excluding tert-OH is 1. The van der Waals surface area contributed by atoms with Gasteiger partial charge in [-0.2, -0.15) is 0 Å². The first kappa shape index (κ1) is 14.3. The SMILES string of the molecule is O=C(NCCCC(O)c1ccccc1)c1ccccc1. The third-order valence-electron chi connectivity index (χ3n) is 3.16. The molecule has 1 amide bonds.